The van der Waals surface area contributed by atoms with Crippen molar-refractivity contribution in [2.24, 2.45) is 0 Å². The first-order valence-corrected chi connectivity index (χ1v) is 9.82. The topological polar surface area (TPSA) is 57.7 Å². The molecule has 0 aliphatic carbocycles. The van der Waals surface area contributed by atoms with Gasteiger partial charge >= 0.3 is 0 Å². The molecule has 1 atom stereocenters. The number of imide groups is 1. The van der Waals surface area contributed by atoms with E-state index in [-0.39, 0.29) is 30.3 Å². The summed E-state index contributed by atoms with van der Waals surface area (Å²) < 4.78 is 0.765. The monoisotopic (exact) mass is 426 g/mol. The van der Waals surface area contributed by atoms with Gasteiger partial charge in [0.2, 0.25) is 5.91 Å². The Morgan fingerprint density at radius 2 is 1.85 bits per heavy atom. The molecule has 0 bridgehead atoms. The zero-order valence-electron chi connectivity index (χ0n) is 14.9. The van der Waals surface area contributed by atoms with E-state index in [1.165, 1.54) is 10.5 Å². The number of carbonyl (C=O) groups is 3. The number of para-hydroxylation sites is 1. The first-order valence-electron chi connectivity index (χ1n) is 9.03. The SMILES string of the molecule is CC1Cc2ccccc2N1C(=O)CCCN1C(=O)c2ccc(Br)cc2C1=O. The number of rotatable bonds is 4. The maximum Gasteiger partial charge on any atom is 0.261 e. The van der Waals surface area contributed by atoms with Crippen molar-refractivity contribution in [3.05, 3.63) is 63.6 Å². The van der Waals surface area contributed by atoms with Crippen LogP contribution in [-0.2, 0) is 11.2 Å². The van der Waals surface area contributed by atoms with Crippen molar-refractivity contribution >= 4 is 39.3 Å². The highest BCUT2D eigenvalue weighted by Gasteiger charge is 2.36. The Kier molecular flexibility index (Phi) is 4.60. The fourth-order valence-corrected chi connectivity index (χ4v) is 4.28. The summed E-state index contributed by atoms with van der Waals surface area (Å²) in [7, 11) is 0. The van der Waals surface area contributed by atoms with Gasteiger partial charge in [0.15, 0.2) is 0 Å². The first kappa shape index (κ1) is 17.9. The Labute approximate surface area is 166 Å². The zero-order chi connectivity index (χ0) is 19.1. The van der Waals surface area contributed by atoms with Crippen LogP contribution in [0.3, 0.4) is 0 Å². The van der Waals surface area contributed by atoms with Crippen molar-refractivity contribution < 1.29 is 14.4 Å². The third kappa shape index (κ3) is 3.08. The second-order valence-electron chi connectivity index (χ2n) is 7.00. The minimum absolute atomic E-state index is 0.0341. The van der Waals surface area contributed by atoms with E-state index in [2.05, 4.69) is 22.0 Å². The summed E-state index contributed by atoms with van der Waals surface area (Å²) in [6.07, 6.45) is 1.61. The molecule has 3 amide bonds. The maximum absolute atomic E-state index is 12.7. The summed E-state index contributed by atoms with van der Waals surface area (Å²) >= 11 is 3.33. The fourth-order valence-electron chi connectivity index (χ4n) is 3.92. The summed E-state index contributed by atoms with van der Waals surface area (Å²) in [6.45, 7) is 2.29. The Bertz CT molecular complexity index is 956. The zero-order valence-corrected chi connectivity index (χ0v) is 16.5. The Hall–Kier alpha value is -2.47. The van der Waals surface area contributed by atoms with Gasteiger partial charge in [-0.25, -0.2) is 0 Å². The average Bonchev–Trinajstić information content (AvgIpc) is 3.10. The Morgan fingerprint density at radius 3 is 2.67 bits per heavy atom. The molecule has 0 spiro atoms. The van der Waals surface area contributed by atoms with Gasteiger partial charge < -0.3 is 4.90 Å². The summed E-state index contributed by atoms with van der Waals surface area (Å²) in [6, 6.07) is 13.2. The predicted octanol–water partition coefficient (Wildman–Crippen LogP) is 3.80. The van der Waals surface area contributed by atoms with Crippen molar-refractivity contribution in [3.63, 3.8) is 0 Å². The molecule has 1 unspecified atom stereocenters. The highest BCUT2D eigenvalue weighted by atomic mass is 79.9. The summed E-state index contributed by atoms with van der Waals surface area (Å²) in [5, 5.41) is 0. The molecular formula is C21H19BrN2O3. The highest BCUT2D eigenvalue weighted by Crippen LogP contribution is 2.32. The minimum atomic E-state index is -0.288. The standard InChI is InChI=1S/C21H19BrN2O3/c1-13-11-14-5-2-3-6-18(14)24(13)19(25)7-4-10-23-20(26)16-9-8-15(22)12-17(16)21(23)27/h2-3,5-6,8-9,12-13H,4,7,10-11H2,1H3. The molecule has 27 heavy (non-hydrogen) atoms. The molecule has 4 rings (SSSR count). The maximum atomic E-state index is 12.7. The number of carbonyl (C=O) groups excluding carboxylic acids is 3. The van der Waals surface area contributed by atoms with Gasteiger partial charge in [-0.05, 0) is 49.6 Å². The van der Waals surface area contributed by atoms with E-state index in [9.17, 15) is 14.4 Å². The van der Waals surface area contributed by atoms with Gasteiger partial charge in [-0.2, -0.15) is 0 Å². The van der Waals surface area contributed by atoms with E-state index in [1.54, 1.807) is 18.2 Å². The number of benzene rings is 2. The van der Waals surface area contributed by atoms with Crippen LogP contribution < -0.4 is 4.90 Å². The number of hydrogen-bond acceptors (Lipinski definition) is 3. The van der Waals surface area contributed by atoms with Crippen molar-refractivity contribution in [1.82, 2.24) is 4.90 Å². The second-order valence-corrected chi connectivity index (χ2v) is 7.92. The summed E-state index contributed by atoms with van der Waals surface area (Å²) in [4.78, 5) is 40.8. The van der Waals surface area contributed by atoms with Gasteiger partial charge in [0.1, 0.15) is 0 Å². The van der Waals surface area contributed by atoms with Gasteiger partial charge in [0.25, 0.3) is 11.8 Å². The number of amides is 3. The predicted molar refractivity (Wildman–Crippen MR) is 106 cm³/mol. The average molecular weight is 427 g/mol. The van der Waals surface area contributed by atoms with E-state index in [0.29, 0.717) is 24.0 Å². The molecule has 0 aromatic heterocycles. The van der Waals surface area contributed by atoms with Gasteiger partial charge in [-0.3, -0.25) is 19.3 Å². The molecule has 2 heterocycles. The molecular weight excluding hydrogens is 408 g/mol. The molecule has 0 N–H and O–H groups in total. The van der Waals surface area contributed by atoms with Crippen LogP contribution in [0.15, 0.2) is 46.9 Å². The molecule has 2 aromatic carbocycles. The molecule has 2 aliphatic heterocycles. The van der Waals surface area contributed by atoms with Crippen LogP contribution in [0.5, 0.6) is 0 Å². The molecule has 138 valence electrons. The van der Waals surface area contributed by atoms with Gasteiger partial charge in [0.05, 0.1) is 11.1 Å². The van der Waals surface area contributed by atoms with Crippen LogP contribution in [0.25, 0.3) is 0 Å². The Balaban J connectivity index is 1.40. The smallest absolute Gasteiger partial charge is 0.261 e. The van der Waals surface area contributed by atoms with Crippen LogP contribution in [-0.4, -0.2) is 35.2 Å². The van der Waals surface area contributed by atoms with Crippen LogP contribution in [0.4, 0.5) is 5.69 Å². The summed E-state index contributed by atoms with van der Waals surface area (Å²) in [5.74, 6) is -0.537. The molecule has 0 saturated heterocycles. The van der Waals surface area contributed by atoms with Gasteiger partial charge in [-0.1, -0.05) is 34.1 Å². The van der Waals surface area contributed by atoms with Gasteiger partial charge in [-0.15, -0.1) is 0 Å². The molecule has 0 radical (unpaired) electrons. The number of fused-ring (bicyclic) bond motifs is 2. The van der Waals surface area contributed by atoms with E-state index in [0.717, 1.165) is 16.6 Å². The van der Waals surface area contributed by atoms with Crippen LogP contribution in [0, 0.1) is 0 Å². The lowest BCUT2D eigenvalue weighted by Crippen LogP contribution is -2.36. The number of hydrogen-bond donors (Lipinski definition) is 0. The number of halogens is 1. The molecule has 2 aromatic rings. The molecule has 0 fully saturated rings. The summed E-state index contributed by atoms with van der Waals surface area (Å²) in [5.41, 5.74) is 3.00. The quantitative estimate of drug-likeness (QED) is 0.698. The van der Waals surface area contributed by atoms with E-state index in [4.69, 9.17) is 0 Å². The second kappa shape index (κ2) is 6.93. The molecule has 0 saturated carbocycles. The van der Waals surface area contributed by atoms with E-state index < -0.39 is 0 Å². The molecule has 5 nitrogen and oxygen atoms in total. The van der Waals surface area contributed by atoms with Crippen LogP contribution in [0.1, 0.15) is 46.0 Å². The first-order chi connectivity index (χ1) is 13.0. The minimum Gasteiger partial charge on any atom is -0.309 e. The van der Waals surface area contributed by atoms with E-state index in [1.807, 2.05) is 30.0 Å². The third-order valence-electron chi connectivity index (χ3n) is 5.18. The van der Waals surface area contributed by atoms with Crippen molar-refractivity contribution in [2.75, 3.05) is 11.4 Å². The number of nitrogens with zero attached hydrogens (tertiary/aromatic N) is 2. The lowest BCUT2D eigenvalue weighted by atomic mass is 10.1. The van der Waals surface area contributed by atoms with Crippen LogP contribution in [0.2, 0.25) is 0 Å². The Morgan fingerprint density at radius 1 is 1.11 bits per heavy atom. The largest absolute Gasteiger partial charge is 0.309 e. The third-order valence-corrected chi connectivity index (χ3v) is 5.67. The van der Waals surface area contributed by atoms with E-state index >= 15 is 0 Å². The van der Waals surface area contributed by atoms with Gasteiger partial charge in [0, 0.05) is 29.2 Å². The molecule has 2 aliphatic rings. The fraction of sp³-hybridized carbons (Fsp3) is 0.286. The van der Waals surface area contributed by atoms with Crippen molar-refractivity contribution in [3.8, 4) is 0 Å². The van der Waals surface area contributed by atoms with Crippen molar-refractivity contribution in [2.45, 2.75) is 32.2 Å². The highest BCUT2D eigenvalue weighted by molar-refractivity contribution is 9.10. The number of anilines is 1. The lowest BCUT2D eigenvalue weighted by Gasteiger charge is -2.23. The molecule has 6 heteroatoms. The van der Waals surface area contributed by atoms with Crippen molar-refractivity contribution in [1.29, 1.82) is 0 Å². The lowest BCUT2D eigenvalue weighted by molar-refractivity contribution is -0.119. The normalized spacial score (nSPS) is 18.1. The van der Waals surface area contributed by atoms with Crippen LogP contribution >= 0.6 is 15.9 Å².